The Labute approximate surface area is 61.6 Å². The molecule has 1 N–H and O–H groups in total. The summed E-state index contributed by atoms with van der Waals surface area (Å²) in [6.45, 7) is 0. The molecule has 1 nitrogen and oxygen atoms in total. The van der Waals surface area contributed by atoms with Crippen molar-refractivity contribution in [2.45, 2.75) is 25.7 Å². The summed E-state index contributed by atoms with van der Waals surface area (Å²) >= 11 is 0. The number of hydrogen-bond acceptors (Lipinski definition) is 1. The van der Waals surface area contributed by atoms with E-state index in [0.29, 0.717) is 5.92 Å². The normalized spacial score (nSPS) is 38.2. The van der Waals surface area contributed by atoms with Crippen LogP contribution in [0.3, 0.4) is 0 Å². The van der Waals surface area contributed by atoms with Crippen LogP contribution in [0, 0.1) is 17.2 Å². The Bertz CT molecular complexity index is 181. The van der Waals surface area contributed by atoms with Crippen LogP contribution < -0.4 is 0 Å². The molecule has 1 fully saturated rings. The minimum absolute atomic E-state index is 0.630. The highest BCUT2D eigenvalue weighted by Crippen LogP contribution is 2.37. The van der Waals surface area contributed by atoms with E-state index in [1.54, 1.807) is 0 Å². The molecule has 0 bridgehead atoms. The number of fused-ring (bicyclic) bond motifs is 1. The van der Waals surface area contributed by atoms with E-state index >= 15 is 0 Å². The van der Waals surface area contributed by atoms with E-state index in [9.17, 15) is 0 Å². The van der Waals surface area contributed by atoms with E-state index < -0.39 is 0 Å². The zero-order chi connectivity index (χ0) is 6.97. The standard InChI is InChI=1S/C9H13N/c10-9-6-2-4-7-3-1-5-8(7)9/h2,6-8,10H,1,3-5H2. The Morgan fingerprint density at radius 1 is 1.40 bits per heavy atom. The van der Waals surface area contributed by atoms with Gasteiger partial charge in [-0.15, -0.1) is 0 Å². The topological polar surface area (TPSA) is 23.9 Å². The van der Waals surface area contributed by atoms with Gasteiger partial charge in [-0.25, -0.2) is 0 Å². The number of nitrogens with one attached hydrogen (secondary N) is 1. The first-order valence-corrected chi connectivity index (χ1v) is 4.13. The van der Waals surface area contributed by atoms with Crippen molar-refractivity contribution >= 4 is 5.71 Å². The molecule has 0 aliphatic heterocycles. The van der Waals surface area contributed by atoms with E-state index in [2.05, 4.69) is 6.08 Å². The minimum Gasteiger partial charge on any atom is -0.305 e. The lowest BCUT2D eigenvalue weighted by Crippen LogP contribution is -2.19. The zero-order valence-corrected chi connectivity index (χ0v) is 6.14. The third-order valence-electron chi connectivity index (χ3n) is 2.79. The lowest BCUT2D eigenvalue weighted by molar-refractivity contribution is 0.479. The van der Waals surface area contributed by atoms with Crippen molar-refractivity contribution in [1.82, 2.24) is 0 Å². The summed E-state index contributed by atoms with van der Waals surface area (Å²) in [5.74, 6) is 1.46. The highest BCUT2D eigenvalue weighted by Gasteiger charge is 2.30. The van der Waals surface area contributed by atoms with E-state index in [1.807, 2.05) is 6.08 Å². The summed E-state index contributed by atoms with van der Waals surface area (Å²) in [7, 11) is 0. The molecule has 0 aromatic rings. The Hall–Kier alpha value is -0.590. The van der Waals surface area contributed by atoms with E-state index in [1.165, 1.54) is 25.7 Å². The maximum Gasteiger partial charge on any atom is 0.0344 e. The molecule has 0 amide bonds. The zero-order valence-electron chi connectivity index (χ0n) is 6.14. The average molecular weight is 135 g/mol. The highest BCUT2D eigenvalue weighted by atomic mass is 14.5. The van der Waals surface area contributed by atoms with E-state index in [-0.39, 0.29) is 0 Å². The van der Waals surface area contributed by atoms with Gasteiger partial charge in [0.25, 0.3) is 0 Å². The van der Waals surface area contributed by atoms with Gasteiger partial charge in [0.05, 0.1) is 0 Å². The quantitative estimate of drug-likeness (QED) is 0.527. The third kappa shape index (κ3) is 0.808. The van der Waals surface area contributed by atoms with Crippen molar-refractivity contribution < 1.29 is 0 Å². The first kappa shape index (κ1) is 6.14. The van der Waals surface area contributed by atoms with Crippen molar-refractivity contribution in [2.24, 2.45) is 11.8 Å². The summed E-state index contributed by atoms with van der Waals surface area (Å²) in [5, 5.41) is 7.63. The van der Waals surface area contributed by atoms with Gasteiger partial charge in [-0.3, -0.25) is 0 Å². The van der Waals surface area contributed by atoms with Crippen LogP contribution >= 0.6 is 0 Å². The molecule has 2 aliphatic carbocycles. The molecule has 0 heterocycles. The van der Waals surface area contributed by atoms with Gasteiger partial charge in [0.15, 0.2) is 0 Å². The Balaban J connectivity index is 2.20. The first-order chi connectivity index (χ1) is 4.88. The fraction of sp³-hybridized carbons (Fsp3) is 0.667. The third-order valence-corrected chi connectivity index (χ3v) is 2.79. The Morgan fingerprint density at radius 2 is 2.30 bits per heavy atom. The molecule has 0 aromatic heterocycles. The molecule has 2 aliphatic rings. The van der Waals surface area contributed by atoms with Crippen molar-refractivity contribution in [1.29, 1.82) is 5.41 Å². The molecule has 2 atom stereocenters. The summed E-state index contributed by atoms with van der Waals surface area (Å²) in [4.78, 5) is 0. The molecule has 0 radical (unpaired) electrons. The lowest BCUT2D eigenvalue weighted by atomic mass is 9.85. The van der Waals surface area contributed by atoms with E-state index in [4.69, 9.17) is 5.41 Å². The summed E-state index contributed by atoms with van der Waals surface area (Å²) in [6, 6.07) is 0. The van der Waals surface area contributed by atoms with Gasteiger partial charge in [0.2, 0.25) is 0 Å². The second-order valence-electron chi connectivity index (χ2n) is 3.39. The number of allylic oxidation sites excluding steroid dienone is 2. The van der Waals surface area contributed by atoms with Gasteiger partial charge in [-0.2, -0.15) is 0 Å². The molecule has 0 aromatic carbocycles. The van der Waals surface area contributed by atoms with Gasteiger partial charge in [-0.1, -0.05) is 12.5 Å². The van der Waals surface area contributed by atoms with Crippen LogP contribution in [-0.4, -0.2) is 5.71 Å². The van der Waals surface area contributed by atoms with Gasteiger partial charge in [0.1, 0.15) is 0 Å². The van der Waals surface area contributed by atoms with Crippen molar-refractivity contribution in [2.75, 3.05) is 0 Å². The average Bonchev–Trinajstić information content (AvgIpc) is 2.36. The number of hydrogen-bond donors (Lipinski definition) is 1. The predicted octanol–water partition coefficient (Wildman–Crippen LogP) is 2.38. The molecule has 10 heavy (non-hydrogen) atoms. The van der Waals surface area contributed by atoms with Crippen molar-refractivity contribution in [3.05, 3.63) is 12.2 Å². The SMILES string of the molecule is N=C1C=CCC2CCCC12. The van der Waals surface area contributed by atoms with Gasteiger partial charge >= 0.3 is 0 Å². The Morgan fingerprint density at radius 3 is 3.10 bits per heavy atom. The summed E-state index contributed by atoms with van der Waals surface area (Å²) < 4.78 is 0. The largest absolute Gasteiger partial charge is 0.305 e. The monoisotopic (exact) mass is 135 g/mol. The molecule has 1 saturated carbocycles. The molecule has 2 unspecified atom stereocenters. The first-order valence-electron chi connectivity index (χ1n) is 4.13. The van der Waals surface area contributed by atoms with Crippen LogP contribution in [0.5, 0.6) is 0 Å². The smallest absolute Gasteiger partial charge is 0.0344 e. The molecule has 0 spiro atoms. The van der Waals surface area contributed by atoms with Crippen LogP contribution in [0.4, 0.5) is 0 Å². The minimum atomic E-state index is 0.630. The fourth-order valence-corrected chi connectivity index (χ4v) is 2.22. The molecule has 1 heteroatoms. The molecule has 2 rings (SSSR count). The van der Waals surface area contributed by atoms with Crippen LogP contribution in [0.25, 0.3) is 0 Å². The van der Waals surface area contributed by atoms with Gasteiger partial charge in [-0.05, 0) is 31.3 Å². The fourth-order valence-electron chi connectivity index (χ4n) is 2.22. The second-order valence-corrected chi connectivity index (χ2v) is 3.39. The Kier molecular flexibility index (Phi) is 1.37. The molecular weight excluding hydrogens is 122 g/mol. The van der Waals surface area contributed by atoms with E-state index in [0.717, 1.165) is 11.6 Å². The predicted molar refractivity (Wildman–Crippen MR) is 42.3 cm³/mol. The summed E-state index contributed by atoms with van der Waals surface area (Å²) in [6.07, 6.45) is 9.36. The molecule has 0 saturated heterocycles. The van der Waals surface area contributed by atoms with Gasteiger partial charge in [0, 0.05) is 11.6 Å². The summed E-state index contributed by atoms with van der Waals surface area (Å²) in [5.41, 5.74) is 0.883. The van der Waals surface area contributed by atoms with Crippen LogP contribution in [0.2, 0.25) is 0 Å². The van der Waals surface area contributed by atoms with Crippen LogP contribution in [-0.2, 0) is 0 Å². The van der Waals surface area contributed by atoms with Crippen molar-refractivity contribution in [3.8, 4) is 0 Å². The maximum absolute atomic E-state index is 7.63. The molecular formula is C9H13N. The van der Waals surface area contributed by atoms with Crippen molar-refractivity contribution in [3.63, 3.8) is 0 Å². The number of rotatable bonds is 0. The lowest BCUT2D eigenvalue weighted by Gasteiger charge is -2.20. The maximum atomic E-state index is 7.63. The molecule has 54 valence electrons. The second kappa shape index (κ2) is 2.22. The van der Waals surface area contributed by atoms with Crippen LogP contribution in [0.1, 0.15) is 25.7 Å². The van der Waals surface area contributed by atoms with Crippen LogP contribution in [0.15, 0.2) is 12.2 Å². The van der Waals surface area contributed by atoms with Gasteiger partial charge < -0.3 is 5.41 Å². The highest BCUT2D eigenvalue weighted by molar-refractivity contribution is 5.95.